The molecule has 0 saturated heterocycles. The highest BCUT2D eigenvalue weighted by molar-refractivity contribution is 5.92. The Bertz CT molecular complexity index is 1170. The molecular weight excluding hydrogens is 508 g/mol. The molecule has 5 N–H and O–H groups in total. The Hall–Kier alpha value is -3.54. The molecule has 0 spiro atoms. The van der Waals surface area contributed by atoms with Crippen LogP contribution in [0.15, 0.2) is 36.4 Å². The summed E-state index contributed by atoms with van der Waals surface area (Å²) in [5, 5.41) is 16.4. The number of aliphatic hydroxyl groups is 1. The Morgan fingerprint density at radius 2 is 1.82 bits per heavy atom. The Morgan fingerprint density at radius 3 is 2.42 bits per heavy atom. The molecule has 1 aromatic heterocycles. The molecule has 0 radical (unpaired) electrons. The lowest BCUT2D eigenvalue weighted by Gasteiger charge is -2.26. The zero-order valence-electron chi connectivity index (χ0n) is 25.1. The summed E-state index contributed by atoms with van der Waals surface area (Å²) in [6.45, 7) is 8.90. The van der Waals surface area contributed by atoms with E-state index in [2.05, 4.69) is 29.5 Å². The SMILES string of the molecule is CCc1nc(C(N)O)c(Nc2cccc(CCNC(=O)[C@H](C)N(C)C(=O)/C=C/CN(C)C)c2)nc1N(C)C(C)C. The molecule has 0 bridgehead atoms. The van der Waals surface area contributed by atoms with Crippen LogP contribution >= 0.6 is 0 Å². The minimum atomic E-state index is -1.28. The zero-order chi connectivity index (χ0) is 30.0. The predicted octanol–water partition coefficient (Wildman–Crippen LogP) is 2.20. The van der Waals surface area contributed by atoms with Crippen molar-refractivity contribution in [3.8, 4) is 0 Å². The van der Waals surface area contributed by atoms with Gasteiger partial charge in [0.1, 0.15) is 18.0 Å². The van der Waals surface area contributed by atoms with E-state index in [1.165, 1.54) is 11.0 Å². The fraction of sp³-hybridized carbons (Fsp3) is 0.517. The van der Waals surface area contributed by atoms with Gasteiger partial charge in [-0.2, -0.15) is 0 Å². The van der Waals surface area contributed by atoms with Crippen LogP contribution in [0.1, 0.15) is 50.9 Å². The first-order valence-electron chi connectivity index (χ1n) is 13.6. The lowest BCUT2D eigenvalue weighted by atomic mass is 10.1. The maximum atomic E-state index is 12.7. The van der Waals surface area contributed by atoms with Crippen LogP contribution in [0, 0.1) is 0 Å². The number of aryl methyl sites for hydroxylation is 1. The van der Waals surface area contributed by atoms with Crippen molar-refractivity contribution >= 4 is 29.1 Å². The third-order valence-corrected chi connectivity index (χ3v) is 6.64. The summed E-state index contributed by atoms with van der Waals surface area (Å²) in [5.41, 5.74) is 8.61. The van der Waals surface area contributed by atoms with Crippen molar-refractivity contribution in [2.75, 3.05) is 51.5 Å². The molecule has 0 aliphatic rings. The second-order valence-corrected chi connectivity index (χ2v) is 10.4. The van der Waals surface area contributed by atoms with Crippen molar-refractivity contribution in [1.29, 1.82) is 0 Å². The molecule has 40 heavy (non-hydrogen) atoms. The van der Waals surface area contributed by atoms with Crippen LogP contribution in [0.5, 0.6) is 0 Å². The van der Waals surface area contributed by atoms with Crippen molar-refractivity contribution in [3.63, 3.8) is 0 Å². The number of hydrogen-bond donors (Lipinski definition) is 4. The van der Waals surface area contributed by atoms with Gasteiger partial charge in [-0.25, -0.2) is 9.97 Å². The van der Waals surface area contributed by atoms with E-state index in [1.54, 1.807) is 20.0 Å². The molecule has 11 heteroatoms. The molecule has 0 aliphatic carbocycles. The first-order chi connectivity index (χ1) is 18.8. The molecule has 0 saturated carbocycles. The molecular formula is C29H46N8O3. The third-order valence-electron chi connectivity index (χ3n) is 6.64. The molecule has 1 aromatic carbocycles. The Labute approximate surface area is 238 Å². The number of carbonyl (C=O) groups is 2. The van der Waals surface area contributed by atoms with Gasteiger partial charge in [0.15, 0.2) is 11.6 Å². The van der Waals surface area contributed by atoms with Crippen LogP contribution < -0.4 is 21.3 Å². The van der Waals surface area contributed by atoms with Gasteiger partial charge in [-0.3, -0.25) is 9.59 Å². The van der Waals surface area contributed by atoms with E-state index < -0.39 is 12.3 Å². The average Bonchev–Trinajstić information content (AvgIpc) is 2.91. The van der Waals surface area contributed by atoms with Crippen molar-refractivity contribution in [2.45, 2.75) is 58.8 Å². The summed E-state index contributed by atoms with van der Waals surface area (Å²) < 4.78 is 0. The van der Waals surface area contributed by atoms with Crippen molar-refractivity contribution in [3.05, 3.63) is 53.4 Å². The monoisotopic (exact) mass is 554 g/mol. The van der Waals surface area contributed by atoms with Crippen LogP contribution in [0.2, 0.25) is 0 Å². The first-order valence-corrected chi connectivity index (χ1v) is 13.6. The zero-order valence-corrected chi connectivity index (χ0v) is 25.1. The van der Waals surface area contributed by atoms with Gasteiger partial charge in [-0.05, 0) is 65.4 Å². The minimum absolute atomic E-state index is 0.208. The molecule has 220 valence electrons. The maximum absolute atomic E-state index is 12.7. The second-order valence-electron chi connectivity index (χ2n) is 10.4. The van der Waals surface area contributed by atoms with Gasteiger partial charge < -0.3 is 36.2 Å². The quantitative estimate of drug-likeness (QED) is 0.204. The summed E-state index contributed by atoms with van der Waals surface area (Å²) in [5.74, 6) is 0.680. The van der Waals surface area contributed by atoms with E-state index in [1.807, 2.05) is 62.1 Å². The summed E-state index contributed by atoms with van der Waals surface area (Å²) in [4.78, 5) is 39.8. The molecule has 2 amide bonds. The highest BCUT2D eigenvalue weighted by Crippen LogP contribution is 2.27. The molecule has 0 aliphatic heterocycles. The lowest BCUT2D eigenvalue weighted by Crippen LogP contribution is -2.45. The molecule has 0 fully saturated rings. The first kappa shape index (κ1) is 32.7. The number of nitrogens with zero attached hydrogens (tertiary/aromatic N) is 5. The van der Waals surface area contributed by atoms with Gasteiger partial charge in [0.25, 0.3) is 0 Å². The number of anilines is 3. The van der Waals surface area contributed by atoms with E-state index in [0.29, 0.717) is 31.7 Å². The highest BCUT2D eigenvalue weighted by atomic mass is 16.3. The van der Waals surface area contributed by atoms with E-state index in [0.717, 1.165) is 22.8 Å². The van der Waals surface area contributed by atoms with Crippen molar-refractivity contribution < 1.29 is 14.7 Å². The molecule has 2 atom stereocenters. The van der Waals surface area contributed by atoms with Crippen molar-refractivity contribution in [2.24, 2.45) is 5.73 Å². The van der Waals surface area contributed by atoms with E-state index in [9.17, 15) is 14.7 Å². The van der Waals surface area contributed by atoms with Crippen LogP contribution in [0.3, 0.4) is 0 Å². The molecule has 1 unspecified atom stereocenters. The van der Waals surface area contributed by atoms with Crippen LogP contribution in [-0.2, 0) is 22.4 Å². The van der Waals surface area contributed by atoms with E-state index >= 15 is 0 Å². The average molecular weight is 555 g/mol. The van der Waals surface area contributed by atoms with Crippen LogP contribution in [-0.4, -0.2) is 90.1 Å². The number of nitrogens with two attached hydrogens (primary N) is 1. The number of amides is 2. The number of carbonyl (C=O) groups excluding carboxylic acids is 2. The smallest absolute Gasteiger partial charge is 0.246 e. The van der Waals surface area contributed by atoms with Gasteiger partial charge in [-0.1, -0.05) is 25.1 Å². The molecule has 1 heterocycles. The number of benzene rings is 1. The number of likely N-dealkylation sites (N-methyl/N-ethyl adjacent to an activating group) is 2. The summed E-state index contributed by atoms with van der Waals surface area (Å²) in [6, 6.07) is 7.32. The van der Waals surface area contributed by atoms with Gasteiger partial charge in [0, 0.05) is 45.0 Å². The number of rotatable bonds is 14. The maximum Gasteiger partial charge on any atom is 0.246 e. The normalized spacial score (nSPS) is 13.0. The number of hydrogen-bond acceptors (Lipinski definition) is 9. The van der Waals surface area contributed by atoms with E-state index in [4.69, 9.17) is 10.7 Å². The Balaban J connectivity index is 2.08. The molecule has 11 nitrogen and oxygen atoms in total. The van der Waals surface area contributed by atoms with Crippen LogP contribution in [0.4, 0.5) is 17.3 Å². The number of nitrogens with one attached hydrogen (secondary N) is 2. The summed E-state index contributed by atoms with van der Waals surface area (Å²) in [7, 11) is 7.42. The highest BCUT2D eigenvalue weighted by Gasteiger charge is 2.22. The van der Waals surface area contributed by atoms with Crippen LogP contribution in [0.25, 0.3) is 0 Å². The molecule has 2 rings (SSSR count). The fourth-order valence-electron chi connectivity index (χ4n) is 3.81. The second kappa shape index (κ2) is 15.3. The van der Waals surface area contributed by atoms with Gasteiger partial charge in [-0.15, -0.1) is 0 Å². The standard InChI is InChI=1S/C29H46N8O3/c1-9-23-28(36(7)19(2)3)34-27(25(33-23)26(30)39)32-22-13-10-12-21(18-22)15-16-31-29(40)20(4)37(8)24(38)14-11-17-35(5)6/h10-14,18-20,26,39H,9,15-17,30H2,1-8H3,(H,31,40)(H,32,34)/b14-11+/t20-,26?/m0/s1. The van der Waals surface area contributed by atoms with Crippen molar-refractivity contribution in [1.82, 2.24) is 25.1 Å². The number of aromatic nitrogens is 2. The largest absolute Gasteiger partial charge is 0.373 e. The topological polar surface area (TPSA) is 140 Å². The summed E-state index contributed by atoms with van der Waals surface area (Å²) >= 11 is 0. The van der Waals surface area contributed by atoms with Gasteiger partial charge in [0.2, 0.25) is 11.8 Å². The van der Waals surface area contributed by atoms with Gasteiger partial charge >= 0.3 is 0 Å². The predicted molar refractivity (Wildman–Crippen MR) is 160 cm³/mol. The minimum Gasteiger partial charge on any atom is -0.373 e. The summed E-state index contributed by atoms with van der Waals surface area (Å²) in [6.07, 6.45) is 3.21. The van der Waals surface area contributed by atoms with E-state index in [-0.39, 0.29) is 23.6 Å². The Morgan fingerprint density at radius 1 is 1.12 bits per heavy atom. The Kier molecular flexibility index (Phi) is 12.5. The lowest BCUT2D eigenvalue weighted by molar-refractivity contribution is -0.135. The van der Waals surface area contributed by atoms with Gasteiger partial charge in [0.05, 0.1) is 5.69 Å². The molecule has 2 aromatic rings. The number of aliphatic hydroxyl groups excluding tert-OH is 1. The fourth-order valence-corrected chi connectivity index (χ4v) is 3.81. The third kappa shape index (κ3) is 9.29.